The molecule has 7 rings (SSSR count). The molecule has 0 saturated carbocycles. The summed E-state index contributed by atoms with van der Waals surface area (Å²) in [4.78, 5) is 39.5. The van der Waals surface area contributed by atoms with Crippen molar-refractivity contribution in [3.8, 4) is 0 Å². The van der Waals surface area contributed by atoms with E-state index < -0.39 is 22.2 Å². The van der Waals surface area contributed by atoms with Gasteiger partial charge in [0.15, 0.2) is 0 Å². The number of nitro benzene ring substituents is 1. The largest absolute Gasteiger partial charge is 0.289 e. The number of hydrogen-bond acceptors (Lipinski definition) is 4. The first kappa shape index (κ1) is 19.2. The summed E-state index contributed by atoms with van der Waals surface area (Å²) < 4.78 is 0. The highest BCUT2D eigenvalue weighted by molar-refractivity contribution is 6.33. The second kappa shape index (κ2) is 6.26. The van der Waals surface area contributed by atoms with Crippen LogP contribution in [0.1, 0.15) is 35.1 Å². The van der Waals surface area contributed by atoms with Crippen molar-refractivity contribution in [2.45, 2.75) is 18.3 Å². The van der Waals surface area contributed by atoms with Crippen LogP contribution in [0.3, 0.4) is 0 Å². The molecule has 0 spiro atoms. The maximum Gasteiger partial charge on any atom is 0.289 e. The van der Waals surface area contributed by atoms with Gasteiger partial charge in [-0.3, -0.25) is 19.7 Å². The Hall–Kier alpha value is -3.51. The molecule has 32 heavy (non-hydrogen) atoms. The maximum absolute atomic E-state index is 13.8. The zero-order chi connectivity index (χ0) is 22.4. The van der Waals surface area contributed by atoms with Crippen molar-refractivity contribution in [3.63, 3.8) is 0 Å². The predicted octanol–water partition coefficient (Wildman–Crippen LogP) is 4.82. The van der Waals surface area contributed by atoms with E-state index >= 15 is 0 Å². The molecule has 158 valence electrons. The van der Waals surface area contributed by atoms with E-state index in [0.29, 0.717) is 0 Å². The van der Waals surface area contributed by atoms with Gasteiger partial charge in [0, 0.05) is 17.4 Å². The third kappa shape index (κ3) is 2.15. The number of nitrogens with zero attached hydrogens (tertiary/aromatic N) is 2. The van der Waals surface area contributed by atoms with Gasteiger partial charge in [-0.25, -0.2) is 4.90 Å². The minimum Gasteiger partial charge on any atom is -0.274 e. The van der Waals surface area contributed by atoms with Gasteiger partial charge >= 0.3 is 0 Å². The molecule has 2 atom stereocenters. The first-order chi connectivity index (χ1) is 15.4. The van der Waals surface area contributed by atoms with Crippen LogP contribution in [-0.4, -0.2) is 16.7 Å². The highest BCUT2D eigenvalue weighted by Gasteiger charge is 2.66. The van der Waals surface area contributed by atoms with Crippen molar-refractivity contribution in [1.82, 2.24) is 0 Å². The Kier molecular flexibility index (Phi) is 3.76. The SMILES string of the molecule is CC12c3ccccc3C(c3ccccc31)[C@H]1C(=O)N(c3ccc(Cl)c([N+](=O)[O-])c3)C(=O)[C@@H]12. The van der Waals surface area contributed by atoms with Crippen LogP contribution in [0.2, 0.25) is 5.02 Å². The number of halogens is 1. The number of amides is 2. The normalized spacial score (nSPS) is 27.2. The van der Waals surface area contributed by atoms with E-state index in [-0.39, 0.29) is 34.1 Å². The van der Waals surface area contributed by atoms with E-state index in [0.717, 1.165) is 27.2 Å². The summed E-state index contributed by atoms with van der Waals surface area (Å²) in [6.45, 7) is 2.04. The molecule has 6 nitrogen and oxygen atoms in total. The Morgan fingerprint density at radius 1 is 0.938 bits per heavy atom. The summed E-state index contributed by atoms with van der Waals surface area (Å²) in [6.07, 6.45) is 0. The number of benzene rings is 3. The molecule has 2 amide bonds. The number of rotatable bonds is 2. The molecular formula is C25H17ClN2O4. The third-order valence-corrected chi connectivity index (χ3v) is 7.75. The maximum atomic E-state index is 13.8. The van der Waals surface area contributed by atoms with Gasteiger partial charge in [0.25, 0.3) is 5.69 Å². The van der Waals surface area contributed by atoms with Gasteiger partial charge < -0.3 is 0 Å². The molecule has 1 saturated heterocycles. The summed E-state index contributed by atoms with van der Waals surface area (Å²) in [6, 6.07) is 20.1. The molecule has 0 aromatic heterocycles. The summed E-state index contributed by atoms with van der Waals surface area (Å²) in [5, 5.41) is 11.4. The Balaban J connectivity index is 1.58. The summed E-state index contributed by atoms with van der Waals surface area (Å²) in [5.41, 5.74) is 3.44. The van der Waals surface area contributed by atoms with Gasteiger partial charge in [0.2, 0.25) is 11.8 Å². The average molecular weight is 445 g/mol. The minimum absolute atomic E-state index is 0.0397. The third-order valence-electron chi connectivity index (χ3n) is 7.43. The van der Waals surface area contributed by atoms with Crippen molar-refractivity contribution in [3.05, 3.63) is 104 Å². The molecule has 0 unspecified atom stereocenters. The molecule has 1 heterocycles. The van der Waals surface area contributed by atoms with E-state index in [1.807, 2.05) is 55.5 Å². The van der Waals surface area contributed by atoms with Gasteiger partial charge in [-0.05, 0) is 34.4 Å². The fourth-order valence-electron chi connectivity index (χ4n) is 6.19. The Morgan fingerprint density at radius 3 is 2.12 bits per heavy atom. The van der Waals surface area contributed by atoms with E-state index in [1.54, 1.807) is 0 Å². The highest BCUT2D eigenvalue weighted by atomic mass is 35.5. The molecule has 1 aliphatic heterocycles. The lowest BCUT2D eigenvalue weighted by Gasteiger charge is -2.52. The van der Waals surface area contributed by atoms with Crippen LogP contribution in [0.4, 0.5) is 11.4 Å². The van der Waals surface area contributed by atoms with E-state index in [9.17, 15) is 19.7 Å². The van der Waals surface area contributed by atoms with Crippen LogP contribution >= 0.6 is 11.6 Å². The second-order valence-corrected chi connectivity index (χ2v) is 9.17. The molecule has 0 radical (unpaired) electrons. The van der Waals surface area contributed by atoms with Crippen molar-refractivity contribution >= 4 is 34.8 Å². The number of carbonyl (C=O) groups is 2. The monoisotopic (exact) mass is 444 g/mol. The average Bonchev–Trinajstić information content (AvgIpc) is 3.06. The van der Waals surface area contributed by atoms with Crippen LogP contribution in [0, 0.1) is 22.0 Å². The van der Waals surface area contributed by atoms with E-state index in [4.69, 9.17) is 11.6 Å². The Morgan fingerprint density at radius 2 is 1.53 bits per heavy atom. The smallest absolute Gasteiger partial charge is 0.274 e. The van der Waals surface area contributed by atoms with Crippen LogP contribution in [0.5, 0.6) is 0 Å². The van der Waals surface area contributed by atoms with Crippen molar-refractivity contribution < 1.29 is 14.5 Å². The summed E-state index contributed by atoms with van der Waals surface area (Å²) in [7, 11) is 0. The fourth-order valence-corrected chi connectivity index (χ4v) is 6.37. The van der Waals surface area contributed by atoms with Crippen LogP contribution < -0.4 is 4.90 Å². The standard InChI is InChI=1S/C25H17ClN2O4/c1-25-16-8-4-2-6-14(16)20(15-7-3-5-9-17(15)25)21-22(25)24(30)27(23(21)29)13-10-11-18(26)19(12-13)28(31)32/h2-12,20-22H,1H3/t20?,21-,22-,25?/m1/s1. The summed E-state index contributed by atoms with van der Waals surface area (Å²) in [5.74, 6) is -2.03. The zero-order valence-corrected chi connectivity index (χ0v) is 17.7. The highest BCUT2D eigenvalue weighted by Crippen LogP contribution is 2.64. The molecule has 3 aromatic carbocycles. The molecule has 1 fully saturated rings. The number of nitro groups is 1. The van der Waals surface area contributed by atoms with Crippen LogP contribution in [0.15, 0.2) is 66.7 Å². The molecule has 2 bridgehead atoms. The number of imide groups is 1. The number of carbonyl (C=O) groups excluding carboxylic acids is 2. The molecule has 3 aliphatic carbocycles. The van der Waals surface area contributed by atoms with Gasteiger partial charge in [0.1, 0.15) is 5.02 Å². The first-order valence-electron chi connectivity index (χ1n) is 10.4. The van der Waals surface area contributed by atoms with Crippen molar-refractivity contribution in [1.29, 1.82) is 0 Å². The Labute approximate surface area is 188 Å². The van der Waals surface area contributed by atoms with E-state index in [2.05, 4.69) is 0 Å². The molecule has 3 aromatic rings. The van der Waals surface area contributed by atoms with Crippen LogP contribution in [-0.2, 0) is 15.0 Å². The zero-order valence-electron chi connectivity index (χ0n) is 17.0. The Bertz CT molecular complexity index is 1320. The number of anilines is 1. The lowest BCUT2D eigenvalue weighted by atomic mass is 9.48. The van der Waals surface area contributed by atoms with Crippen molar-refractivity contribution in [2.24, 2.45) is 11.8 Å². The quantitative estimate of drug-likeness (QED) is 0.322. The minimum atomic E-state index is -0.674. The van der Waals surface area contributed by atoms with Gasteiger partial charge in [-0.1, -0.05) is 67.1 Å². The fraction of sp³-hybridized carbons (Fsp3) is 0.200. The lowest BCUT2D eigenvalue weighted by Crippen LogP contribution is -2.51. The first-order valence-corrected chi connectivity index (χ1v) is 10.7. The molecule has 0 N–H and O–H groups in total. The molecular weight excluding hydrogens is 428 g/mol. The van der Waals surface area contributed by atoms with E-state index in [1.165, 1.54) is 18.2 Å². The van der Waals surface area contributed by atoms with Gasteiger partial charge in [-0.15, -0.1) is 0 Å². The topological polar surface area (TPSA) is 80.5 Å². The molecule has 4 aliphatic rings. The molecule has 7 heteroatoms. The second-order valence-electron chi connectivity index (χ2n) is 8.76. The van der Waals surface area contributed by atoms with Gasteiger partial charge in [0.05, 0.1) is 22.4 Å². The van der Waals surface area contributed by atoms with Gasteiger partial charge in [-0.2, -0.15) is 0 Å². The predicted molar refractivity (Wildman–Crippen MR) is 119 cm³/mol. The lowest BCUT2D eigenvalue weighted by molar-refractivity contribution is -0.384. The van der Waals surface area contributed by atoms with Crippen molar-refractivity contribution in [2.75, 3.05) is 4.90 Å². The number of hydrogen-bond donors (Lipinski definition) is 0. The van der Waals surface area contributed by atoms with Crippen LogP contribution in [0.25, 0.3) is 0 Å². The summed E-state index contributed by atoms with van der Waals surface area (Å²) >= 11 is 5.96.